The second-order valence-corrected chi connectivity index (χ2v) is 3.89. The van der Waals surface area contributed by atoms with Gasteiger partial charge < -0.3 is 14.6 Å². The Bertz CT molecular complexity index is 604. The number of benzene rings is 1. The number of ether oxygens (including phenoxy) is 2. The van der Waals surface area contributed by atoms with E-state index in [0.29, 0.717) is 12.4 Å². The first kappa shape index (κ1) is 13.7. The van der Waals surface area contributed by atoms with E-state index in [0.717, 1.165) is 5.56 Å². The number of carbonyl (C=O) groups excluding carboxylic acids is 2. The number of hydrogen-bond donors (Lipinski definition) is 2. The van der Waals surface area contributed by atoms with E-state index in [1.165, 1.54) is 12.1 Å². The summed E-state index contributed by atoms with van der Waals surface area (Å²) >= 11 is 0. The Morgan fingerprint density at radius 3 is 2.85 bits per heavy atom. The van der Waals surface area contributed by atoms with Crippen LogP contribution < -0.4 is 10.1 Å². The topological polar surface area (TPSA) is 84.9 Å². The number of aromatic hydroxyl groups is 1. The van der Waals surface area contributed by atoms with Gasteiger partial charge in [0.1, 0.15) is 0 Å². The van der Waals surface area contributed by atoms with Crippen molar-refractivity contribution in [1.29, 1.82) is 0 Å². The Kier molecular flexibility index (Phi) is 4.05. The molecule has 20 heavy (non-hydrogen) atoms. The number of nitrogens with one attached hydrogen (secondary N) is 1. The minimum Gasteiger partial charge on any atom is -0.504 e. The summed E-state index contributed by atoms with van der Waals surface area (Å²) in [5, 5.41) is 11.6. The quantitative estimate of drug-likeness (QED) is 0.820. The first-order valence-corrected chi connectivity index (χ1v) is 5.97. The van der Waals surface area contributed by atoms with E-state index in [1.807, 2.05) is 12.2 Å². The summed E-state index contributed by atoms with van der Waals surface area (Å²) in [5.74, 6) is -0.186. The lowest BCUT2D eigenvalue weighted by Gasteiger charge is -2.05. The first-order chi connectivity index (χ1) is 9.60. The van der Waals surface area contributed by atoms with Crippen LogP contribution in [0.15, 0.2) is 36.1 Å². The molecule has 1 aliphatic rings. The summed E-state index contributed by atoms with van der Waals surface area (Å²) in [6.45, 7) is 2.26. The van der Waals surface area contributed by atoms with Gasteiger partial charge in [-0.25, -0.2) is 4.79 Å². The smallest absolute Gasteiger partial charge is 0.419 e. The number of cyclic esters (lactones) is 1. The van der Waals surface area contributed by atoms with E-state index in [-0.39, 0.29) is 11.5 Å². The molecule has 6 heteroatoms. The average molecular weight is 275 g/mol. The molecule has 0 atom stereocenters. The predicted octanol–water partition coefficient (Wildman–Crippen LogP) is 1.95. The largest absolute Gasteiger partial charge is 0.504 e. The van der Waals surface area contributed by atoms with Crippen LogP contribution in [0, 0.1) is 0 Å². The first-order valence-electron chi connectivity index (χ1n) is 5.97. The highest BCUT2D eigenvalue weighted by Crippen LogP contribution is 2.27. The van der Waals surface area contributed by atoms with Crippen molar-refractivity contribution in [3.63, 3.8) is 0 Å². The van der Waals surface area contributed by atoms with Crippen LogP contribution in [-0.4, -0.2) is 23.7 Å². The van der Waals surface area contributed by atoms with E-state index < -0.39 is 12.0 Å². The van der Waals surface area contributed by atoms with Gasteiger partial charge in [0.2, 0.25) is 0 Å². The zero-order valence-corrected chi connectivity index (χ0v) is 10.8. The molecule has 2 N–H and O–H groups in total. The Labute approximate surface area is 115 Å². The van der Waals surface area contributed by atoms with Crippen LogP contribution >= 0.6 is 0 Å². The molecule has 1 heterocycles. The van der Waals surface area contributed by atoms with Gasteiger partial charge in [-0.15, -0.1) is 0 Å². The molecule has 1 fully saturated rings. The number of rotatable bonds is 4. The monoisotopic (exact) mass is 275 g/mol. The van der Waals surface area contributed by atoms with Gasteiger partial charge in [0.05, 0.1) is 6.61 Å². The van der Waals surface area contributed by atoms with E-state index in [9.17, 15) is 14.7 Å². The third-order valence-corrected chi connectivity index (χ3v) is 2.46. The number of allylic oxidation sites excluding steroid dienone is 2. The van der Waals surface area contributed by atoms with Crippen molar-refractivity contribution in [2.24, 2.45) is 0 Å². The molecule has 1 aromatic carbocycles. The molecule has 1 aliphatic heterocycles. The summed E-state index contributed by atoms with van der Waals surface area (Å²) in [6, 6.07) is 4.86. The van der Waals surface area contributed by atoms with E-state index >= 15 is 0 Å². The van der Waals surface area contributed by atoms with E-state index in [4.69, 9.17) is 4.74 Å². The Morgan fingerprint density at radius 1 is 1.40 bits per heavy atom. The van der Waals surface area contributed by atoms with E-state index in [1.54, 1.807) is 24.3 Å². The van der Waals surface area contributed by atoms with Crippen LogP contribution in [0.5, 0.6) is 11.5 Å². The molecule has 0 saturated carbocycles. The van der Waals surface area contributed by atoms with E-state index in [2.05, 4.69) is 4.74 Å². The minimum atomic E-state index is -0.780. The molecule has 0 radical (unpaired) electrons. The third-order valence-electron chi connectivity index (χ3n) is 2.46. The lowest BCUT2D eigenvalue weighted by atomic mass is 10.2. The Morgan fingerprint density at radius 2 is 2.20 bits per heavy atom. The molecule has 0 bridgehead atoms. The summed E-state index contributed by atoms with van der Waals surface area (Å²) in [7, 11) is 0. The van der Waals surface area contributed by atoms with Crippen LogP contribution in [0.25, 0.3) is 6.08 Å². The number of alkyl carbamates (subject to hydrolysis) is 1. The number of phenolic OH excluding ortho intramolecular Hbond substituents is 1. The lowest BCUT2D eigenvalue weighted by Crippen LogP contribution is -2.18. The molecule has 0 spiro atoms. The Balaban J connectivity index is 2.12. The number of hydrogen-bond acceptors (Lipinski definition) is 5. The molecular weight excluding hydrogens is 262 g/mol. The van der Waals surface area contributed by atoms with Gasteiger partial charge in [-0.3, -0.25) is 10.1 Å². The molecule has 2 amide bonds. The second-order valence-electron chi connectivity index (χ2n) is 3.89. The van der Waals surface area contributed by atoms with Crippen LogP contribution in [0.3, 0.4) is 0 Å². The van der Waals surface area contributed by atoms with Gasteiger partial charge in [0, 0.05) is 0 Å². The lowest BCUT2D eigenvalue weighted by molar-refractivity contribution is -0.116. The fraction of sp³-hybridized carbons (Fsp3) is 0.143. The number of carbonyl (C=O) groups is 2. The average Bonchev–Trinajstić information content (AvgIpc) is 2.72. The molecule has 0 aromatic heterocycles. The van der Waals surface area contributed by atoms with Crippen molar-refractivity contribution in [3.05, 3.63) is 41.7 Å². The van der Waals surface area contributed by atoms with Crippen molar-refractivity contribution < 1.29 is 24.2 Å². The van der Waals surface area contributed by atoms with Crippen LogP contribution in [0.1, 0.15) is 12.5 Å². The predicted molar refractivity (Wildman–Crippen MR) is 71.0 cm³/mol. The van der Waals surface area contributed by atoms with Gasteiger partial charge in [0.25, 0.3) is 5.91 Å². The van der Waals surface area contributed by atoms with Crippen molar-refractivity contribution in [2.75, 3.05) is 6.61 Å². The van der Waals surface area contributed by atoms with Gasteiger partial charge in [-0.05, 0) is 30.7 Å². The van der Waals surface area contributed by atoms with Gasteiger partial charge in [-0.2, -0.15) is 0 Å². The highest BCUT2D eigenvalue weighted by atomic mass is 16.6. The fourth-order valence-electron chi connectivity index (χ4n) is 1.59. The van der Waals surface area contributed by atoms with Crippen LogP contribution in [0.2, 0.25) is 0 Å². The van der Waals surface area contributed by atoms with Gasteiger partial charge in [-0.1, -0.05) is 18.2 Å². The van der Waals surface area contributed by atoms with Gasteiger partial charge >= 0.3 is 6.09 Å². The molecule has 0 unspecified atom stereocenters. The number of imide groups is 1. The maximum absolute atomic E-state index is 11.2. The SMILES string of the molecule is CCOc1cc(C=CC=C2OC(=O)NC2=O)ccc1O. The summed E-state index contributed by atoms with van der Waals surface area (Å²) < 4.78 is 9.89. The highest BCUT2D eigenvalue weighted by Gasteiger charge is 2.25. The number of phenols is 1. The zero-order chi connectivity index (χ0) is 14.5. The summed E-state index contributed by atoms with van der Waals surface area (Å²) in [5.41, 5.74) is 0.771. The molecular formula is C14H13NO5. The normalized spacial score (nSPS) is 16.6. The maximum atomic E-state index is 11.2. The maximum Gasteiger partial charge on any atom is 0.419 e. The Hall–Kier alpha value is -2.76. The highest BCUT2D eigenvalue weighted by molar-refractivity contribution is 6.07. The molecule has 0 aliphatic carbocycles. The zero-order valence-electron chi connectivity index (χ0n) is 10.8. The minimum absolute atomic E-state index is 0.0601. The fourth-order valence-corrected chi connectivity index (χ4v) is 1.59. The van der Waals surface area contributed by atoms with Crippen molar-refractivity contribution in [2.45, 2.75) is 6.92 Å². The standard InChI is InChI=1S/C14H13NO5/c1-2-19-12-8-9(6-7-10(12)16)4-3-5-11-13(17)15-14(18)20-11/h3-8,16H,2H2,1H3,(H,15,17,18). The molecule has 1 saturated heterocycles. The summed E-state index contributed by atoms with van der Waals surface area (Å²) in [6.07, 6.45) is 3.86. The van der Waals surface area contributed by atoms with Crippen LogP contribution in [0.4, 0.5) is 4.79 Å². The molecule has 6 nitrogen and oxygen atoms in total. The molecule has 2 rings (SSSR count). The second kappa shape index (κ2) is 5.92. The van der Waals surface area contributed by atoms with Crippen LogP contribution in [-0.2, 0) is 9.53 Å². The third kappa shape index (κ3) is 3.17. The van der Waals surface area contributed by atoms with Crippen molar-refractivity contribution >= 4 is 18.1 Å². The molecule has 1 aromatic rings. The van der Waals surface area contributed by atoms with Gasteiger partial charge in [0.15, 0.2) is 17.3 Å². The number of amides is 2. The van der Waals surface area contributed by atoms with Crippen molar-refractivity contribution in [1.82, 2.24) is 5.32 Å². The molecule has 104 valence electrons. The summed E-state index contributed by atoms with van der Waals surface area (Å²) in [4.78, 5) is 22.0. The van der Waals surface area contributed by atoms with Crippen molar-refractivity contribution in [3.8, 4) is 11.5 Å².